The lowest BCUT2D eigenvalue weighted by Crippen LogP contribution is -2.24. The molecule has 0 fully saturated rings. The first-order valence-electron chi connectivity index (χ1n) is 7.73. The zero-order chi connectivity index (χ0) is 16.7. The largest absolute Gasteiger partial charge is 0.497 e. The summed E-state index contributed by atoms with van der Waals surface area (Å²) in [6.45, 7) is 2.00. The second-order valence-corrected chi connectivity index (χ2v) is 6.60. The van der Waals surface area contributed by atoms with Crippen LogP contribution in [0.4, 0.5) is 5.82 Å². The van der Waals surface area contributed by atoms with Crippen molar-refractivity contribution in [3.05, 3.63) is 57.9 Å². The normalized spacial score (nSPS) is 16.6. The first kappa shape index (κ1) is 15.0. The summed E-state index contributed by atoms with van der Waals surface area (Å²) >= 11 is 1.65. The lowest BCUT2D eigenvalue weighted by atomic mass is 9.87. The smallest absolute Gasteiger partial charge is 0.226 e. The number of amides is 1. The summed E-state index contributed by atoms with van der Waals surface area (Å²) in [5.41, 5.74) is 4.11. The minimum absolute atomic E-state index is 0.0216. The number of nitrogens with one attached hydrogen (secondary N) is 1. The lowest BCUT2D eigenvalue weighted by Gasteiger charge is -2.23. The average molecular weight is 339 g/mol. The molecule has 0 radical (unpaired) electrons. The molecule has 3 heterocycles. The van der Waals surface area contributed by atoms with Gasteiger partial charge in [-0.3, -0.25) is 4.79 Å². The van der Waals surface area contributed by atoms with E-state index in [2.05, 4.69) is 21.9 Å². The number of carbonyl (C=O) groups is 1. The second-order valence-electron chi connectivity index (χ2n) is 5.82. The topological polar surface area (TPSA) is 56.1 Å². The molecule has 3 aromatic rings. The third kappa shape index (κ3) is 2.39. The molecule has 6 heteroatoms. The molecule has 1 aliphatic rings. The van der Waals surface area contributed by atoms with Crippen LogP contribution in [0.1, 0.15) is 29.2 Å². The molecule has 5 nitrogen and oxygen atoms in total. The van der Waals surface area contributed by atoms with Gasteiger partial charge in [-0.25, -0.2) is 4.68 Å². The van der Waals surface area contributed by atoms with Crippen LogP contribution in [0.2, 0.25) is 0 Å². The van der Waals surface area contributed by atoms with Gasteiger partial charge >= 0.3 is 0 Å². The van der Waals surface area contributed by atoms with Crippen LogP contribution in [0, 0.1) is 6.92 Å². The quantitative estimate of drug-likeness (QED) is 0.791. The first-order valence-corrected chi connectivity index (χ1v) is 8.67. The number of fused-ring (bicyclic) bond motifs is 1. The van der Waals surface area contributed by atoms with E-state index in [0.29, 0.717) is 6.42 Å². The third-order valence-electron chi connectivity index (χ3n) is 4.37. The Balaban J connectivity index is 1.84. The third-order valence-corrected chi connectivity index (χ3v) is 5.07. The Morgan fingerprint density at radius 2 is 2.08 bits per heavy atom. The van der Waals surface area contributed by atoms with Gasteiger partial charge in [0.05, 0.1) is 18.5 Å². The average Bonchev–Trinajstić information content (AvgIpc) is 3.23. The highest BCUT2D eigenvalue weighted by Gasteiger charge is 2.32. The predicted molar refractivity (Wildman–Crippen MR) is 94.3 cm³/mol. The highest BCUT2D eigenvalue weighted by atomic mass is 32.1. The molecule has 122 valence electrons. The van der Waals surface area contributed by atoms with Crippen LogP contribution < -0.4 is 10.1 Å². The van der Waals surface area contributed by atoms with Crippen molar-refractivity contribution >= 4 is 23.1 Å². The van der Waals surface area contributed by atoms with Crippen LogP contribution in [0.15, 0.2) is 41.1 Å². The van der Waals surface area contributed by atoms with Gasteiger partial charge in [0.15, 0.2) is 0 Å². The molecule has 0 bridgehead atoms. The van der Waals surface area contributed by atoms with Gasteiger partial charge in [-0.15, -0.1) is 0 Å². The van der Waals surface area contributed by atoms with Gasteiger partial charge in [-0.05, 0) is 53.6 Å². The van der Waals surface area contributed by atoms with Crippen LogP contribution in [0.3, 0.4) is 0 Å². The Morgan fingerprint density at radius 3 is 2.75 bits per heavy atom. The summed E-state index contributed by atoms with van der Waals surface area (Å²) in [6.07, 6.45) is 0.457. The fourth-order valence-electron chi connectivity index (χ4n) is 3.22. The molecule has 0 spiro atoms. The van der Waals surface area contributed by atoms with E-state index in [1.807, 2.05) is 36.6 Å². The number of nitrogens with zero attached hydrogens (tertiary/aromatic N) is 2. The van der Waals surface area contributed by atoms with Crippen molar-refractivity contribution in [2.45, 2.75) is 19.3 Å². The molecule has 0 saturated heterocycles. The van der Waals surface area contributed by atoms with Crippen molar-refractivity contribution in [2.24, 2.45) is 0 Å². The number of rotatable bonds is 3. The first-order chi connectivity index (χ1) is 11.7. The van der Waals surface area contributed by atoms with Gasteiger partial charge in [-0.1, -0.05) is 0 Å². The summed E-state index contributed by atoms with van der Waals surface area (Å²) in [6, 6.07) is 9.74. The fourth-order valence-corrected chi connectivity index (χ4v) is 3.93. The summed E-state index contributed by atoms with van der Waals surface area (Å²) in [7, 11) is 1.64. The van der Waals surface area contributed by atoms with Crippen LogP contribution in [-0.2, 0) is 4.79 Å². The maximum absolute atomic E-state index is 12.3. The Morgan fingerprint density at radius 1 is 1.29 bits per heavy atom. The van der Waals surface area contributed by atoms with Crippen LogP contribution in [0.5, 0.6) is 5.75 Å². The summed E-state index contributed by atoms with van der Waals surface area (Å²) in [5.74, 6) is 1.64. The Bertz CT molecular complexity index is 882. The number of methoxy groups -OCH3 is 1. The summed E-state index contributed by atoms with van der Waals surface area (Å²) < 4.78 is 7.01. The Labute approximate surface area is 143 Å². The van der Waals surface area contributed by atoms with Crippen molar-refractivity contribution in [3.63, 3.8) is 0 Å². The molecule has 1 aromatic carbocycles. The van der Waals surface area contributed by atoms with E-state index in [4.69, 9.17) is 4.74 Å². The minimum atomic E-state index is 0.0216. The predicted octanol–water partition coefficient (Wildman–Crippen LogP) is 3.72. The summed E-state index contributed by atoms with van der Waals surface area (Å²) in [5, 5.41) is 11.8. The number of hydrogen-bond donors (Lipinski definition) is 1. The van der Waals surface area contributed by atoms with E-state index in [0.717, 1.165) is 28.5 Å². The summed E-state index contributed by atoms with van der Waals surface area (Å²) in [4.78, 5) is 12.3. The highest BCUT2D eigenvalue weighted by molar-refractivity contribution is 7.08. The van der Waals surface area contributed by atoms with Gasteiger partial charge in [-0.2, -0.15) is 16.4 Å². The number of carbonyl (C=O) groups excluding carboxylic acids is 1. The van der Waals surface area contributed by atoms with Crippen LogP contribution in [0.25, 0.3) is 5.69 Å². The molecular weight excluding hydrogens is 322 g/mol. The molecule has 0 saturated carbocycles. The molecule has 1 atom stereocenters. The fraction of sp³-hybridized carbons (Fsp3) is 0.222. The van der Waals surface area contributed by atoms with Gasteiger partial charge in [0.1, 0.15) is 11.6 Å². The Hall–Kier alpha value is -2.60. The SMILES string of the molecule is COc1ccc(-n2nc(C)c3c2NC(=O)C[C@H]3c2ccsc2)cc1. The van der Waals surface area contributed by atoms with Gasteiger partial charge in [0.2, 0.25) is 5.91 Å². The lowest BCUT2D eigenvalue weighted by molar-refractivity contribution is -0.116. The molecule has 0 unspecified atom stereocenters. The van der Waals surface area contributed by atoms with E-state index >= 15 is 0 Å². The van der Waals surface area contributed by atoms with E-state index in [9.17, 15) is 4.79 Å². The van der Waals surface area contributed by atoms with E-state index in [1.54, 1.807) is 23.1 Å². The van der Waals surface area contributed by atoms with Gasteiger partial charge < -0.3 is 10.1 Å². The number of hydrogen-bond acceptors (Lipinski definition) is 4. The standard InChI is InChI=1S/C18H17N3O2S/c1-11-17-15(12-7-8-24-10-12)9-16(22)19-18(17)21(20-11)13-3-5-14(23-2)6-4-13/h3-8,10,15H,9H2,1-2H3,(H,19,22)/t15-/m0/s1. The van der Waals surface area contributed by atoms with Crippen molar-refractivity contribution in [2.75, 3.05) is 12.4 Å². The van der Waals surface area contributed by atoms with Gasteiger partial charge in [0, 0.05) is 17.9 Å². The Kier molecular flexibility index (Phi) is 3.61. The highest BCUT2D eigenvalue weighted by Crippen LogP contribution is 2.40. The second kappa shape index (κ2) is 5.79. The van der Waals surface area contributed by atoms with E-state index in [1.165, 1.54) is 5.56 Å². The molecule has 4 rings (SSSR count). The molecular formula is C18H17N3O2S. The number of aryl methyl sites for hydroxylation is 1. The minimum Gasteiger partial charge on any atom is -0.497 e. The van der Waals surface area contributed by atoms with Crippen LogP contribution >= 0.6 is 11.3 Å². The molecule has 1 amide bonds. The zero-order valence-corrected chi connectivity index (χ0v) is 14.3. The molecule has 24 heavy (non-hydrogen) atoms. The molecule has 0 aliphatic carbocycles. The van der Waals surface area contributed by atoms with Gasteiger partial charge in [0.25, 0.3) is 0 Å². The number of ether oxygens (including phenoxy) is 1. The van der Waals surface area contributed by atoms with Crippen molar-refractivity contribution < 1.29 is 9.53 Å². The molecule has 1 aliphatic heterocycles. The van der Waals surface area contributed by atoms with Crippen molar-refractivity contribution in [1.82, 2.24) is 9.78 Å². The van der Waals surface area contributed by atoms with E-state index in [-0.39, 0.29) is 11.8 Å². The number of thiophene rings is 1. The monoisotopic (exact) mass is 339 g/mol. The zero-order valence-electron chi connectivity index (χ0n) is 13.4. The van der Waals surface area contributed by atoms with Crippen LogP contribution in [-0.4, -0.2) is 22.8 Å². The van der Waals surface area contributed by atoms with E-state index < -0.39 is 0 Å². The van der Waals surface area contributed by atoms with Crippen molar-refractivity contribution in [1.29, 1.82) is 0 Å². The number of aromatic nitrogens is 2. The van der Waals surface area contributed by atoms with Crippen molar-refractivity contribution in [3.8, 4) is 11.4 Å². The number of anilines is 1. The molecule has 2 aromatic heterocycles. The maximum Gasteiger partial charge on any atom is 0.226 e. The number of benzene rings is 1. The maximum atomic E-state index is 12.3. The molecule has 1 N–H and O–H groups in total.